The van der Waals surface area contributed by atoms with Crippen molar-refractivity contribution < 1.29 is 18.3 Å². The summed E-state index contributed by atoms with van der Waals surface area (Å²) in [5, 5.41) is 8.77. The minimum atomic E-state index is -3.59. The normalized spacial score (nSPS) is 13.2. The van der Waals surface area contributed by atoms with E-state index in [1.807, 2.05) is 6.92 Å². The molecule has 1 atom stereocenters. The summed E-state index contributed by atoms with van der Waals surface area (Å²) in [4.78, 5) is 0.106. The van der Waals surface area contributed by atoms with Crippen molar-refractivity contribution in [2.45, 2.75) is 18.2 Å². The number of rotatable bonds is 7. The van der Waals surface area contributed by atoms with Gasteiger partial charge in [-0.25, -0.2) is 13.1 Å². The van der Waals surface area contributed by atoms with E-state index < -0.39 is 10.0 Å². The van der Waals surface area contributed by atoms with E-state index in [9.17, 15) is 8.42 Å². The number of hydrogen-bond acceptors (Lipinski definition) is 5. The van der Waals surface area contributed by atoms with Crippen LogP contribution in [0.15, 0.2) is 23.1 Å². The second-order valence-corrected chi connectivity index (χ2v) is 6.14. The third kappa shape index (κ3) is 4.38. The SMILES string of the molecule is COc1cc(S(=O)(=O)NCC(C)CCO)ccc1N. The summed E-state index contributed by atoms with van der Waals surface area (Å²) in [5.74, 6) is 0.390. The highest BCUT2D eigenvalue weighted by molar-refractivity contribution is 7.89. The molecule has 0 aliphatic carbocycles. The molecule has 6 nitrogen and oxygen atoms in total. The van der Waals surface area contributed by atoms with Gasteiger partial charge in [0.15, 0.2) is 0 Å². The molecular formula is C12H20N2O4S. The molecular weight excluding hydrogens is 268 g/mol. The number of anilines is 1. The Bertz CT molecular complexity index is 516. The van der Waals surface area contributed by atoms with Crippen molar-refractivity contribution in [2.24, 2.45) is 5.92 Å². The van der Waals surface area contributed by atoms with E-state index in [4.69, 9.17) is 15.6 Å². The predicted molar refractivity (Wildman–Crippen MR) is 73.5 cm³/mol. The first-order valence-corrected chi connectivity index (χ1v) is 7.43. The van der Waals surface area contributed by atoms with Gasteiger partial charge in [0, 0.05) is 19.2 Å². The molecule has 0 heterocycles. The Morgan fingerprint density at radius 3 is 2.74 bits per heavy atom. The molecule has 0 radical (unpaired) electrons. The predicted octanol–water partition coefficient (Wildman–Crippen LogP) is 0.574. The number of nitrogens with one attached hydrogen (secondary N) is 1. The number of nitrogens with two attached hydrogens (primary N) is 1. The van der Waals surface area contributed by atoms with Crippen LogP contribution in [-0.4, -0.2) is 33.8 Å². The number of methoxy groups -OCH3 is 1. The lowest BCUT2D eigenvalue weighted by Crippen LogP contribution is -2.28. The van der Waals surface area contributed by atoms with Crippen molar-refractivity contribution in [3.8, 4) is 5.75 Å². The molecule has 108 valence electrons. The molecule has 7 heteroatoms. The average molecular weight is 288 g/mol. The van der Waals surface area contributed by atoms with Crippen molar-refractivity contribution >= 4 is 15.7 Å². The third-order valence-electron chi connectivity index (χ3n) is 2.76. The quantitative estimate of drug-likeness (QED) is 0.637. The van der Waals surface area contributed by atoms with Crippen molar-refractivity contribution in [1.29, 1.82) is 0 Å². The van der Waals surface area contributed by atoms with Gasteiger partial charge in [-0.2, -0.15) is 0 Å². The van der Waals surface area contributed by atoms with Gasteiger partial charge in [-0.15, -0.1) is 0 Å². The number of ether oxygens (including phenoxy) is 1. The molecule has 1 aromatic rings. The van der Waals surface area contributed by atoms with Crippen LogP contribution in [0.5, 0.6) is 5.75 Å². The van der Waals surface area contributed by atoms with Gasteiger partial charge in [-0.3, -0.25) is 0 Å². The Balaban J connectivity index is 2.83. The highest BCUT2D eigenvalue weighted by Crippen LogP contribution is 2.24. The number of nitrogen functional groups attached to an aromatic ring is 1. The highest BCUT2D eigenvalue weighted by atomic mass is 32.2. The first-order chi connectivity index (χ1) is 8.90. The second-order valence-electron chi connectivity index (χ2n) is 4.37. The zero-order valence-corrected chi connectivity index (χ0v) is 11.9. The van der Waals surface area contributed by atoms with E-state index in [1.54, 1.807) is 0 Å². The first kappa shape index (κ1) is 15.7. The minimum Gasteiger partial charge on any atom is -0.495 e. The van der Waals surface area contributed by atoms with Crippen LogP contribution in [0.1, 0.15) is 13.3 Å². The summed E-state index contributed by atoms with van der Waals surface area (Å²) in [5.41, 5.74) is 6.02. The zero-order chi connectivity index (χ0) is 14.5. The van der Waals surface area contributed by atoms with Crippen LogP contribution < -0.4 is 15.2 Å². The maximum Gasteiger partial charge on any atom is 0.240 e. The van der Waals surface area contributed by atoms with Crippen LogP contribution in [0.2, 0.25) is 0 Å². The molecule has 0 saturated heterocycles. The monoisotopic (exact) mass is 288 g/mol. The van der Waals surface area contributed by atoms with E-state index in [2.05, 4.69) is 4.72 Å². The topological polar surface area (TPSA) is 102 Å². The molecule has 0 fully saturated rings. The van der Waals surface area contributed by atoms with Crippen LogP contribution in [-0.2, 0) is 10.0 Å². The molecule has 4 N–H and O–H groups in total. The Hall–Kier alpha value is -1.31. The summed E-state index contributed by atoms with van der Waals surface area (Å²) < 4.78 is 31.6. The van der Waals surface area contributed by atoms with E-state index in [0.29, 0.717) is 17.9 Å². The van der Waals surface area contributed by atoms with E-state index >= 15 is 0 Å². The van der Waals surface area contributed by atoms with E-state index in [-0.39, 0.29) is 24.0 Å². The lowest BCUT2D eigenvalue weighted by atomic mass is 10.1. The Kier molecular flexibility index (Phi) is 5.59. The van der Waals surface area contributed by atoms with Crippen molar-refractivity contribution in [3.05, 3.63) is 18.2 Å². The largest absolute Gasteiger partial charge is 0.495 e. The van der Waals surface area contributed by atoms with Crippen LogP contribution in [0.3, 0.4) is 0 Å². The smallest absolute Gasteiger partial charge is 0.240 e. The van der Waals surface area contributed by atoms with Gasteiger partial charge in [0.1, 0.15) is 5.75 Å². The molecule has 1 unspecified atom stereocenters. The molecule has 1 rings (SSSR count). The van der Waals surface area contributed by atoms with Crippen molar-refractivity contribution in [3.63, 3.8) is 0 Å². The molecule has 19 heavy (non-hydrogen) atoms. The van der Waals surface area contributed by atoms with Crippen LogP contribution in [0, 0.1) is 5.92 Å². The maximum atomic E-state index is 12.1. The fraction of sp³-hybridized carbons (Fsp3) is 0.500. The molecule has 0 bridgehead atoms. The summed E-state index contributed by atoms with van der Waals surface area (Å²) in [6, 6.07) is 4.30. The van der Waals surface area contributed by atoms with Crippen molar-refractivity contribution in [1.82, 2.24) is 4.72 Å². The molecule has 0 saturated carbocycles. The third-order valence-corrected chi connectivity index (χ3v) is 4.18. The second kappa shape index (κ2) is 6.74. The fourth-order valence-electron chi connectivity index (χ4n) is 1.52. The van der Waals surface area contributed by atoms with E-state index in [0.717, 1.165) is 0 Å². The van der Waals surface area contributed by atoms with Gasteiger partial charge in [-0.05, 0) is 24.5 Å². The number of hydrogen-bond donors (Lipinski definition) is 3. The summed E-state index contributed by atoms with van der Waals surface area (Å²) in [6.45, 7) is 2.18. The number of aliphatic hydroxyl groups is 1. The Labute approximate surface area is 113 Å². The maximum absolute atomic E-state index is 12.1. The molecule has 0 spiro atoms. The molecule has 0 aliphatic rings. The van der Waals surface area contributed by atoms with Gasteiger partial charge in [0.2, 0.25) is 10.0 Å². The van der Waals surface area contributed by atoms with Gasteiger partial charge in [-0.1, -0.05) is 6.92 Å². The standard InChI is InChI=1S/C12H20N2O4S/c1-9(5-6-15)8-14-19(16,17)10-3-4-11(13)12(7-10)18-2/h3-4,7,9,14-15H,5-6,8,13H2,1-2H3. The number of benzene rings is 1. The van der Waals surface area contributed by atoms with Gasteiger partial charge >= 0.3 is 0 Å². The summed E-state index contributed by atoms with van der Waals surface area (Å²) in [7, 11) is -2.16. The minimum absolute atomic E-state index is 0.0403. The van der Waals surface area contributed by atoms with Gasteiger partial charge < -0.3 is 15.6 Å². The summed E-state index contributed by atoms with van der Waals surface area (Å²) in [6.07, 6.45) is 0.549. The first-order valence-electron chi connectivity index (χ1n) is 5.94. The lowest BCUT2D eigenvalue weighted by molar-refractivity contribution is 0.263. The highest BCUT2D eigenvalue weighted by Gasteiger charge is 2.16. The number of sulfonamides is 1. The number of aliphatic hydroxyl groups excluding tert-OH is 1. The van der Waals surface area contributed by atoms with E-state index in [1.165, 1.54) is 25.3 Å². The lowest BCUT2D eigenvalue weighted by Gasteiger charge is -2.13. The Morgan fingerprint density at radius 1 is 1.47 bits per heavy atom. The van der Waals surface area contributed by atoms with Gasteiger partial charge in [0.25, 0.3) is 0 Å². The van der Waals surface area contributed by atoms with Gasteiger partial charge in [0.05, 0.1) is 17.7 Å². The zero-order valence-electron chi connectivity index (χ0n) is 11.1. The molecule has 0 amide bonds. The van der Waals surface area contributed by atoms with Crippen LogP contribution >= 0.6 is 0 Å². The molecule has 0 aliphatic heterocycles. The van der Waals surface area contributed by atoms with Crippen LogP contribution in [0.25, 0.3) is 0 Å². The Morgan fingerprint density at radius 2 is 2.16 bits per heavy atom. The summed E-state index contributed by atoms with van der Waals surface area (Å²) >= 11 is 0. The van der Waals surface area contributed by atoms with Crippen molar-refractivity contribution in [2.75, 3.05) is 26.0 Å². The average Bonchev–Trinajstić information content (AvgIpc) is 2.37. The molecule has 1 aromatic carbocycles. The van der Waals surface area contributed by atoms with Crippen LogP contribution in [0.4, 0.5) is 5.69 Å². The molecule has 0 aromatic heterocycles. The fourth-order valence-corrected chi connectivity index (χ4v) is 2.70.